The predicted molar refractivity (Wildman–Crippen MR) is 94.2 cm³/mol. The largest absolute Gasteiger partial charge is 0.508 e. The average molecular weight is 334 g/mol. The maximum Gasteiger partial charge on any atom is 0.185 e. The Labute approximate surface area is 140 Å². The molecule has 0 unspecified atom stereocenters. The second-order valence-electron chi connectivity index (χ2n) is 4.01. The van der Waals surface area contributed by atoms with Crippen LogP contribution in [0.4, 0.5) is 0 Å². The number of halogens is 1. The highest BCUT2D eigenvalue weighted by Crippen LogP contribution is 2.30. The molecule has 1 N–H and O–H groups in total. The van der Waals surface area contributed by atoms with Gasteiger partial charge in [-0.15, -0.1) is 0 Å². The Morgan fingerprint density at radius 1 is 1.09 bits per heavy atom. The van der Waals surface area contributed by atoms with Gasteiger partial charge in [-0.2, -0.15) is 0 Å². The van der Waals surface area contributed by atoms with E-state index in [9.17, 15) is 9.90 Å². The van der Waals surface area contributed by atoms with Crippen LogP contribution < -0.4 is 0 Å². The summed E-state index contributed by atoms with van der Waals surface area (Å²) in [6, 6.07) is 9.64. The topological polar surface area (TPSA) is 63.3 Å². The lowest BCUT2D eigenvalue weighted by molar-refractivity contribution is 0.110. The van der Waals surface area contributed by atoms with Gasteiger partial charge in [-0.1, -0.05) is 39.3 Å². The van der Waals surface area contributed by atoms with Gasteiger partial charge >= 0.3 is 0 Å². The molecule has 0 aliphatic rings. The number of phenolic OH excluding ortho intramolecular Hbond substituents is 1. The fraction of sp³-hybridized carbons (Fsp3) is 0.222. The first kappa shape index (κ1) is 18.7. The molecule has 0 saturated carbocycles. The number of benzene rings is 1. The molecule has 0 radical (unpaired) electrons. The number of hydrogen-bond acceptors (Lipinski definition) is 4. The van der Waals surface area contributed by atoms with E-state index in [1.165, 1.54) is 6.07 Å². The molecule has 0 spiro atoms. The second kappa shape index (κ2) is 8.96. The van der Waals surface area contributed by atoms with E-state index in [0.717, 1.165) is 5.39 Å². The molecule has 0 bridgehead atoms. The zero-order chi connectivity index (χ0) is 17.4. The van der Waals surface area contributed by atoms with Crippen LogP contribution in [0.25, 0.3) is 22.4 Å². The maximum atomic E-state index is 10.6. The number of hydrogen-bond donors (Lipinski definition) is 1. The molecule has 1 aromatic carbocycles. The number of carbonyl (C=O) groups is 1. The zero-order valence-electron chi connectivity index (χ0n) is 13.6. The van der Waals surface area contributed by atoms with Crippen LogP contribution in [0.2, 0.25) is 5.02 Å². The molecule has 122 valence electrons. The van der Waals surface area contributed by atoms with E-state index >= 15 is 0 Å². The minimum Gasteiger partial charge on any atom is -0.508 e. The van der Waals surface area contributed by atoms with Crippen LogP contribution in [0.15, 0.2) is 40.8 Å². The van der Waals surface area contributed by atoms with Crippen LogP contribution >= 0.6 is 11.6 Å². The molecule has 4 nitrogen and oxygen atoms in total. The minimum atomic E-state index is 0.112. The van der Waals surface area contributed by atoms with Crippen molar-refractivity contribution in [3.05, 3.63) is 47.2 Å². The Hall–Kier alpha value is -2.33. The number of pyridine rings is 1. The Morgan fingerprint density at radius 3 is 2.39 bits per heavy atom. The summed E-state index contributed by atoms with van der Waals surface area (Å²) < 4.78 is 5.30. The third-order valence-corrected chi connectivity index (χ3v) is 3.05. The molecule has 3 rings (SSSR count). The van der Waals surface area contributed by atoms with Gasteiger partial charge in [0.15, 0.2) is 17.8 Å². The summed E-state index contributed by atoms with van der Waals surface area (Å²) in [6.07, 6.45) is 0.623. The molecule has 2 aromatic heterocycles. The SMILES string of the molecule is CC.CC.O=Cc1ccc(-c2cc(Cl)c3ccc(O)cc3n2)o1. The van der Waals surface area contributed by atoms with Gasteiger partial charge in [0, 0.05) is 11.5 Å². The van der Waals surface area contributed by atoms with Gasteiger partial charge in [-0.25, -0.2) is 4.98 Å². The third kappa shape index (κ3) is 4.33. The lowest BCUT2D eigenvalue weighted by Gasteiger charge is -2.03. The van der Waals surface area contributed by atoms with Gasteiger partial charge in [0.2, 0.25) is 0 Å². The van der Waals surface area contributed by atoms with Crippen molar-refractivity contribution in [3.63, 3.8) is 0 Å². The molecule has 5 heteroatoms. The Morgan fingerprint density at radius 2 is 1.78 bits per heavy atom. The number of furan rings is 1. The first-order chi connectivity index (χ1) is 11.2. The van der Waals surface area contributed by atoms with Gasteiger partial charge < -0.3 is 9.52 Å². The summed E-state index contributed by atoms with van der Waals surface area (Å²) in [4.78, 5) is 15.0. The summed E-state index contributed by atoms with van der Waals surface area (Å²) in [5.41, 5.74) is 1.07. The summed E-state index contributed by atoms with van der Waals surface area (Å²) in [5.74, 6) is 0.791. The smallest absolute Gasteiger partial charge is 0.185 e. The molecule has 0 atom stereocenters. The van der Waals surface area contributed by atoms with Crippen LogP contribution in [0.3, 0.4) is 0 Å². The van der Waals surface area contributed by atoms with Crippen LogP contribution in [0.1, 0.15) is 38.2 Å². The lowest BCUT2D eigenvalue weighted by Crippen LogP contribution is -1.85. The van der Waals surface area contributed by atoms with Crippen molar-refractivity contribution in [2.45, 2.75) is 27.7 Å². The first-order valence-corrected chi connectivity index (χ1v) is 7.90. The van der Waals surface area contributed by atoms with E-state index in [1.54, 1.807) is 30.3 Å². The van der Waals surface area contributed by atoms with E-state index in [4.69, 9.17) is 16.0 Å². The number of fused-ring (bicyclic) bond motifs is 1. The number of nitrogens with zero attached hydrogens (tertiary/aromatic N) is 1. The first-order valence-electron chi connectivity index (χ1n) is 7.52. The van der Waals surface area contributed by atoms with Gasteiger partial charge in [-0.3, -0.25) is 4.79 Å². The van der Waals surface area contributed by atoms with E-state index in [-0.39, 0.29) is 11.5 Å². The third-order valence-electron chi connectivity index (χ3n) is 2.74. The van der Waals surface area contributed by atoms with Gasteiger partial charge in [0.25, 0.3) is 0 Å². The summed E-state index contributed by atoms with van der Waals surface area (Å²) >= 11 is 6.17. The number of aldehydes is 1. The highest BCUT2D eigenvalue weighted by Gasteiger charge is 2.10. The number of aromatic nitrogens is 1. The van der Waals surface area contributed by atoms with Gasteiger partial charge in [0.1, 0.15) is 11.4 Å². The molecule has 0 aliphatic carbocycles. The highest BCUT2D eigenvalue weighted by atomic mass is 35.5. The molecule has 0 amide bonds. The summed E-state index contributed by atoms with van der Waals surface area (Å²) in [5, 5.41) is 10.7. The lowest BCUT2D eigenvalue weighted by atomic mass is 10.2. The standard InChI is InChI=1S/C14H8ClNO3.2C2H6/c15-11-6-13(14-4-2-9(7-17)19-14)16-12-5-8(18)1-3-10(11)12;2*1-2/h1-7,18H;2*1-2H3. The second-order valence-corrected chi connectivity index (χ2v) is 4.42. The van der Waals surface area contributed by atoms with Crippen LogP contribution in [-0.4, -0.2) is 16.4 Å². The Balaban J connectivity index is 0.000000615. The minimum absolute atomic E-state index is 0.112. The van der Waals surface area contributed by atoms with Crippen molar-refractivity contribution in [2.75, 3.05) is 0 Å². The van der Waals surface area contributed by atoms with Crippen molar-refractivity contribution in [1.82, 2.24) is 4.98 Å². The van der Waals surface area contributed by atoms with E-state index in [2.05, 4.69) is 4.98 Å². The number of rotatable bonds is 2. The van der Waals surface area contributed by atoms with Crippen molar-refractivity contribution < 1.29 is 14.3 Å². The molecule has 0 aliphatic heterocycles. The van der Waals surface area contributed by atoms with Crippen LogP contribution in [0, 0.1) is 0 Å². The predicted octanol–water partition coefficient (Wildman–Crippen LogP) is 5.72. The average Bonchev–Trinajstić information content (AvgIpc) is 3.07. The van der Waals surface area contributed by atoms with Gasteiger partial charge in [0.05, 0.1) is 10.5 Å². The monoisotopic (exact) mass is 333 g/mol. The molecule has 23 heavy (non-hydrogen) atoms. The molecular weight excluding hydrogens is 314 g/mol. The van der Waals surface area contributed by atoms with E-state index in [0.29, 0.717) is 28.3 Å². The Kier molecular flexibility index (Phi) is 7.29. The zero-order valence-corrected chi connectivity index (χ0v) is 14.4. The van der Waals surface area contributed by atoms with E-state index < -0.39 is 0 Å². The molecular formula is C18H20ClNO3. The summed E-state index contributed by atoms with van der Waals surface area (Å²) in [7, 11) is 0. The number of aromatic hydroxyl groups is 1. The van der Waals surface area contributed by atoms with Crippen LogP contribution in [-0.2, 0) is 0 Å². The van der Waals surface area contributed by atoms with Crippen molar-refractivity contribution in [2.24, 2.45) is 0 Å². The van der Waals surface area contributed by atoms with Crippen molar-refractivity contribution in [3.8, 4) is 17.2 Å². The summed E-state index contributed by atoms with van der Waals surface area (Å²) in [6.45, 7) is 8.00. The Bertz CT molecular complexity index is 781. The normalized spacial score (nSPS) is 9.43. The molecule has 0 saturated heterocycles. The molecule has 3 aromatic rings. The number of carbonyl (C=O) groups excluding carboxylic acids is 1. The van der Waals surface area contributed by atoms with Gasteiger partial charge in [-0.05, 0) is 30.3 Å². The fourth-order valence-corrected chi connectivity index (χ4v) is 2.12. The highest BCUT2D eigenvalue weighted by molar-refractivity contribution is 6.35. The molecule has 0 fully saturated rings. The van der Waals surface area contributed by atoms with Crippen molar-refractivity contribution >= 4 is 28.8 Å². The maximum absolute atomic E-state index is 10.6. The van der Waals surface area contributed by atoms with Crippen molar-refractivity contribution in [1.29, 1.82) is 0 Å². The van der Waals surface area contributed by atoms with E-state index in [1.807, 2.05) is 27.7 Å². The quantitative estimate of drug-likeness (QED) is 0.609. The van der Waals surface area contributed by atoms with Crippen LogP contribution in [0.5, 0.6) is 5.75 Å². The molecule has 2 heterocycles. The fourth-order valence-electron chi connectivity index (χ4n) is 1.85. The number of phenols is 1.